The van der Waals surface area contributed by atoms with Crippen LogP contribution in [0.5, 0.6) is 0 Å². The Morgan fingerprint density at radius 2 is 1.75 bits per heavy atom. The largest absolute Gasteiger partial charge is 0.342 e. The molecule has 2 aliphatic rings. The molecule has 1 aliphatic heterocycles. The van der Waals surface area contributed by atoms with Crippen molar-refractivity contribution in [2.75, 3.05) is 11.4 Å². The highest BCUT2D eigenvalue weighted by Gasteiger charge is 2.46. The molecule has 0 atom stereocenters. The minimum atomic E-state index is -0.656. The summed E-state index contributed by atoms with van der Waals surface area (Å²) in [6.07, 6.45) is 3.91. The molecule has 1 spiro atoms. The molecule has 1 heterocycles. The van der Waals surface area contributed by atoms with Crippen molar-refractivity contribution in [3.8, 4) is 0 Å². The maximum Gasteiger partial charge on any atom is 0.252 e. The van der Waals surface area contributed by atoms with Crippen LogP contribution in [-0.4, -0.2) is 23.9 Å². The molecule has 2 fully saturated rings. The molecule has 1 aromatic carbocycles. The first-order valence-electron chi connectivity index (χ1n) is 6.99. The number of amides is 2. The summed E-state index contributed by atoms with van der Waals surface area (Å²) in [5.41, 5.74) is 0.231. The number of anilines is 1. The predicted molar refractivity (Wildman–Crippen MR) is 85.5 cm³/mol. The fourth-order valence-electron chi connectivity index (χ4n) is 3.14. The molecule has 2 amide bonds. The minimum absolute atomic E-state index is 0.00624. The number of rotatable bonds is 1. The molecular weight excluding hydrogens is 367 g/mol. The number of carbonyl (C=O) groups excluding carboxylic acids is 2. The Morgan fingerprint density at radius 1 is 1.10 bits per heavy atom. The van der Waals surface area contributed by atoms with Crippen LogP contribution >= 0.6 is 22.6 Å². The third-order valence-corrected chi connectivity index (χ3v) is 4.91. The second kappa shape index (κ2) is 5.35. The Hall–Kier alpha value is -1.11. The van der Waals surface area contributed by atoms with Crippen LogP contribution in [0.3, 0.4) is 0 Å². The summed E-state index contributed by atoms with van der Waals surface area (Å²) >= 11 is 2.25. The summed E-state index contributed by atoms with van der Waals surface area (Å²) in [5, 5.41) is 2.98. The van der Waals surface area contributed by atoms with Crippen molar-refractivity contribution in [1.82, 2.24) is 5.32 Å². The van der Waals surface area contributed by atoms with Gasteiger partial charge in [-0.25, -0.2) is 0 Å². The van der Waals surface area contributed by atoms with Gasteiger partial charge in [0, 0.05) is 22.2 Å². The van der Waals surface area contributed by atoms with Crippen LogP contribution in [0.4, 0.5) is 5.69 Å². The van der Waals surface area contributed by atoms with Gasteiger partial charge in [-0.1, -0.05) is 12.8 Å². The molecule has 20 heavy (non-hydrogen) atoms. The second-order valence-corrected chi connectivity index (χ2v) is 6.77. The molecule has 4 nitrogen and oxygen atoms in total. The van der Waals surface area contributed by atoms with E-state index in [-0.39, 0.29) is 11.8 Å². The van der Waals surface area contributed by atoms with Gasteiger partial charge in [-0.05, 0) is 59.7 Å². The van der Waals surface area contributed by atoms with Crippen molar-refractivity contribution < 1.29 is 9.59 Å². The van der Waals surface area contributed by atoms with Crippen LogP contribution in [0, 0.1) is 3.57 Å². The molecule has 3 rings (SSSR count). The third kappa shape index (κ3) is 2.43. The molecule has 0 aromatic heterocycles. The maximum absolute atomic E-state index is 12.9. The van der Waals surface area contributed by atoms with Crippen LogP contribution in [0.2, 0.25) is 0 Å². The number of hydrogen-bond donors (Lipinski definition) is 1. The van der Waals surface area contributed by atoms with E-state index >= 15 is 0 Å². The van der Waals surface area contributed by atoms with Gasteiger partial charge < -0.3 is 10.2 Å². The summed E-state index contributed by atoms with van der Waals surface area (Å²) in [6.45, 7) is 0.465. The van der Waals surface area contributed by atoms with Crippen molar-refractivity contribution in [2.45, 2.75) is 37.6 Å². The van der Waals surface area contributed by atoms with Crippen LogP contribution in [0.15, 0.2) is 24.3 Å². The van der Waals surface area contributed by atoms with Crippen molar-refractivity contribution in [2.24, 2.45) is 0 Å². The highest BCUT2D eigenvalue weighted by atomic mass is 127. The average Bonchev–Trinajstić information content (AvgIpc) is 2.85. The topological polar surface area (TPSA) is 49.4 Å². The van der Waals surface area contributed by atoms with Gasteiger partial charge in [0.1, 0.15) is 5.54 Å². The molecule has 106 valence electrons. The van der Waals surface area contributed by atoms with Gasteiger partial charge in [0.2, 0.25) is 5.91 Å². The highest BCUT2D eigenvalue weighted by molar-refractivity contribution is 14.1. The standard InChI is InChI=1S/C15H17IN2O2/c16-11-3-5-12(6-4-11)18-10-7-13(19)17-15(14(18)20)8-1-2-9-15/h3-6H,1-2,7-10H2,(H,17,19). The molecule has 0 radical (unpaired) electrons. The quantitative estimate of drug-likeness (QED) is 0.757. The van der Waals surface area contributed by atoms with Crippen molar-refractivity contribution in [3.63, 3.8) is 0 Å². The Balaban J connectivity index is 1.95. The van der Waals surface area contributed by atoms with Crippen LogP contribution < -0.4 is 10.2 Å². The zero-order chi connectivity index (χ0) is 14.2. The number of nitrogens with one attached hydrogen (secondary N) is 1. The average molecular weight is 384 g/mol. The smallest absolute Gasteiger partial charge is 0.252 e. The molecule has 1 N–H and O–H groups in total. The Kier molecular flexibility index (Phi) is 3.70. The molecule has 1 saturated heterocycles. The van der Waals surface area contributed by atoms with E-state index < -0.39 is 5.54 Å². The number of benzene rings is 1. The highest BCUT2D eigenvalue weighted by Crippen LogP contribution is 2.34. The van der Waals surface area contributed by atoms with Crippen LogP contribution in [0.1, 0.15) is 32.1 Å². The molecule has 5 heteroatoms. The molecule has 1 saturated carbocycles. The van der Waals surface area contributed by atoms with Gasteiger partial charge >= 0.3 is 0 Å². The minimum Gasteiger partial charge on any atom is -0.342 e. The fourth-order valence-corrected chi connectivity index (χ4v) is 3.50. The van der Waals surface area contributed by atoms with Crippen molar-refractivity contribution in [3.05, 3.63) is 27.8 Å². The molecule has 0 unspecified atom stereocenters. The Morgan fingerprint density at radius 3 is 2.40 bits per heavy atom. The first kappa shape index (κ1) is 13.9. The first-order chi connectivity index (χ1) is 9.61. The zero-order valence-corrected chi connectivity index (χ0v) is 13.4. The SMILES string of the molecule is O=C1CCN(c2ccc(I)cc2)C(=O)C2(CCCC2)N1. The zero-order valence-electron chi connectivity index (χ0n) is 11.2. The van der Waals surface area contributed by atoms with Gasteiger partial charge in [0.15, 0.2) is 0 Å². The predicted octanol–water partition coefficient (Wildman–Crippen LogP) is 2.46. The van der Waals surface area contributed by atoms with E-state index in [0.29, 0.717) is 13.0 Å². The number of carbonyl (C=O) groups is 2. The monoisotopic (exact) mass is 384 g/mol. The van der Waals surface area contributed by atoms with E-state index in [1.807, 2.05) is 24.3 Å². The van der Waals surface area contributed by atoms with Gasteiger partial charge in [0.05, 0.1) is 0 Å². The van der Waals surface area contributed by atoms with Gasteiger partial charge in [-0.3, -0.25) is 9.59 Å². The van der Waals surface area contributed by atoms with E-state index in [4.69, 9.17) is 0 Å². The lowest BCUT2D eigenvalue weighted by Crippen LogP contribution is -2.55. The summed E-state index contributed by atoms with van der Waals surface area (Å²) < 4.78 is 1.14. The lowest BCUT2D eigenvalue weighted by Gasteiger charge is -2.31. The lowest BCUT2D eigenvalue weighted by atomic mass is 9.95. The Labute approximate surface area is 132 Å². The van der Waals surface area contributed by atoms with E-state index in [1.165, 1.54) is 0 Å². The van der Waals surface area contributed by atoms with E-state index in [1.54, 1.807) is 4.90 Å². The first-order valence-corrected chi connectivity index (χ1v) is 8.07. The summed E-state index contributed by atoms with van der Waals surface area (Å²) in [5.74, 6) is 0.0512. The fraction of sp³-hybridized carbons (Fsp3) is 0.467. The van der Waals surface area contributed by atoms with Gasteiger partial charge in [-0.2, -0.15) is 0 Å². The second-order valence-electron chi connectivity index (χ2n) is 5.52. The summed E-state index contributed by atoms with van der Waals surface area (Å²) in [4.78, 5) is 26.6. The van der Waals surface area contributed by atoms with Crippen LogP contribution in [0.25, 0.3) is 0 Å². The van der Waals surface area contributed by atoms with Crippen LogP contribution in [-0.2, 0) is 9.59 Å². The maximum atomic E-state index is 12.9. The Bertz CT molecular complexity index is 535. The summed E-state index contributed by atoms with van der Waals surface area (Å²) in [7, 11) is 0. The van der Waals surface area contributed by atoms with E-state index in [0.717, 1.165) is 34.9 Å². The number of nitrogens with zero attached hydrogens (tertiary/aromatic N) is 1. The third-order valence-electron chi connectivity index (χ3n) is 4.19. The van der Waals surface area contributed by atoms with Crippen molar-refractivity contribution >= 4 is 40.1 Å². The van der Waals surface area contributed by atoms with Gasteiger partial charge in [-0.15, -0.1) is 0 Å². The normalized spacial score (nSPS) is 21.9. The van der Waals surface area contributed by atoms with E-state index in [9.17, 15) is 9.59 Å². The number of halogens is 1. The van der Waals surface area contributed by atoms with Crippen molar-refractivity contribution in [1.29, 1.82) is 0 Å². The molecule has 0 bridgehead atoms. The molecule has 1 aliphatic carbocycles. The molecular formula is C15H17IN2O2. The van der Waals surface area contributed by atoms with Gasteiger partial charge in [0.25, 0.3) is 5.91 Å². The number of hydrogen-bond acceptors (Lipinski definition) is 2. The lowest BCUT2D eigenvalue weighted by molar-refractivity contribution is -0.129. The van der Waals surface area contributed by atoms with E-state index in [2.05, 4.69) is 27.9 Å². The molecule has 1 aromatic rings. The summed E-state index contributed by atoms with van der Waals surface area (Å²) in [6, 6.07) is 7.89.